The fourth-order valence-corrected chi connectivity index (χ4v) is 2.71. The van der Waals surface area contributed by atoms with Gasteiger partial charge in [0.1, 0.15) is 0 Å². The van der Waals surface area contributed by atoms with E-state index >= 15 is 0 Å². The Balaban J connectivity index is 1.88. The van der Waals surface area contributed by atoms with Crippen molar-refractivity contribution in [2.24, 2.45) is 11.1 Å². The van der Waals surface area contributed by atoms with Crippen molar-refractivity contribution in [1.29, 1.82) is 0 Å². The van der Waals surface area contributed by atoms with Gasteiger partial charge >= 0.3 is 0 Å². The van der Waals surface area contributed by atoms with E-state index in [0.29, 0.717) is 18.7 Å². The van der Waals surface area contributed by atoms with E-state index in [-0.39, 0.29) is 11.3 Å². The molecule has 1 aliphatic rings. The molecule has 20 heavy (non-hydrogen) atoms. The monoisotopic (exact) mass is 276 g/mol. The van der Waals surface area contributed by atoms with Crippen molar-refractivity contribution in [2.45, 2.75) is 25.7 Å². The molecule has 1 aromatic rings. The largest absolute Gasteiger partial charge is 0.384 e. The number of ether oxygens (including phenoxy) is 1. The van der Waals surface area contributed by atoms with Gasteiger partial charge in [0.25, 0.3) is 5.91 Å². The highest BCUT2D eigenvalue weighted by atomic mass is 16.5. The predicted octanol–water partition coefficient (Wildman–Crippen LogP) is 1.73. The van der Waals surface area contributed by atoms with Crippen LogP contribution < -0.4 is 11.1 Å². The van der Waals surface area contributed by atoms with E-state index in [2.05, 4.69) is 5.32 Å². The molecular weight excluding hydrogens is 252 g/mol. The van der Waals surface area contributed by atoms with E-state index in [1.54, 1.807) is 7.11 Å². The molecule has 0 spiro atoms. The molecule has 0 unspecified atom stereocenters. The number of nitrogens with one attached hydrogen (secondary N) is 1. The highest BCUT2D eigenvalue weighted by molar-refractivity contribution is 5.94. The van der Waals surface area contributed by atoms with E-state index in [4.69, 9.17) is 10.5 Å². The number of benzene rings is 1. The molecule has 0 saturated heterocycles. The lowest BCUT2D eigenvalue weighted by atomic mass is 9.69. The second-order valence-electron chi connectivity index (χ2n) is 5.70. The standard InChI is InChI=1S/C16H24N2O2/c1-20-12-16(8-2-9-16)11-18-15(19)14-5-3-13(4-6-14)7-10-17/h3-6H,2,7-12,17H2,1H3,(H,18,19). The van der Waals surface area contributed by atoms with Crippen molar-refractivity contribution in [3.05, 3.63) is 35.4 Å². The van der Waals surface area contributed by atoms with Crippen LogP contribution in [0.2, 0.25) is 0 Å². The van der Waals surface area contributed by atoms with E-state index < -0.39 is 0 Å². The summed E-state index contributed by atoms with van der Waals surface area (Å²) in [7, 11) is 1.72. The van der Waals surface area contributed by atoms with Crippen LogP contribution in [0.4, 0.5) is 0 Å². The third-order valence-corrected chi connectivity index (χ3v) is 4.14. The molecule has 4 heteroatoms. The van der Waals surface area contributed by atoms with Crippen LogP contribution in [0.5, 0.6) is 0 Å². The summed E-state index contributed by atoms with van der Waals surface area (Å²) in [6.07, 6.45) is 4.35. The van der Waals surface area contributed by atoms with Gasteiger partial charge in [0.2, 0.25) is 0 Å². The molecular formula is C16H24N2O2. The molecule has 0 aromatic heterocycles. The van der Waals surface area contributed by atoms with Crippen molar-refractivity contribution < 1.29 is 9.53 Å². The zero-order valence-electron chi connectivity index (χ0n) is 12.2. The lowest BCUT2D eigenvalue weighted by Crippen LogP contribution is -2.45. The van der Waals surface area contributed by atoms with Gasteiger partial charge in [-0.1, -0.05) is 18.6 Å². The number of methoxy groups -OCH3 is 1. The number of carbonyl (C=O) groups is 1. The first-order chi connectivity index (χ1) is 9.69. The molecule has 1 aliphatic carbocycles. The van der Waals surface area contributed by atoms with Gasteiger partial charge in [-0.15, -0.1) is 0 Å². The van der Waals surface area contributed by atoms with Crippen LogP contribution in [-0.4, -0.2) is 32.7 Å². The first-order valence-corrected chi connectivity index (χ1v) is 7.25. The summed E-state index contributed by atoms with van der Waals surface area (Å²) in [6.45, 7) is 2.05. The van der Waals surface area contributed by atoms with Gasteiger partial charge in [-0.25, -0.2) is 0 Å². The van der Waals surface area contributed by atoms with Gasteiger partial charge in [-0.2, -0.15) is 0 Å². The maximum atomic E-state index is 12.1. The molecule has 1 aromatic carbocycles. The van der Waals surface area contributed by atoms with Gasteiger partial charge in [-0.3, -0.25) is 4.79 Å². The zero-order chi connectivity index (χ0) is 14.4. The van der Waals surface area contributed by atoms with Crippen LogP contribution in [0.1, 0.15) is 35.2 Å². The molecule has 1 saturated carbocycles. The highest BCUT2D eigenvalue weighted by Gasteiger charge is 2.37. The van der Waals surface area contributed by atoms with E-state index in [1.165, 1.54) is 12.0 Å². The van der Waals surface area contributed by atoms with Crippen LogP contribution in [0.3, 0.4) is 0 Å². The molecule has 0 atom stereocenters. The van der Waals surface area contributed by atoms with Gasteiger partial charge in [0, 0.05) is 24.6 Å². The Morgan fingerprint density at radius 3 is 2.55 bits per heavy atom. The minimum Gasteiger partial charge on any atom is -0.384 e. The summed E-state index contributed by atoms with van der Waals surface area (Å²) in [4.78, 5) is 12.1. The molecule has 0 aliphatic heterocycles. The van der Waals surface area contributed by atoms with Crippen LogP contribution in [0, 0.1) is 5.41 Å². The molecule has 0 bridgehead atoms. The molecule has 3 N–H and O–H groups in total. The minimum absolute atomic E-state index is 0.00771. The number of carbonyl (C=O) groups excluding carboxylic acids is 1. The van der Waals surface area contributed by atoms with E-state index in [1.807, 2.05) is 24.3 Å². The molecule has 1 fully saturated rings. The highest BCUT2D eigenvalue weighted by Crippen LogP contribution is 2.40. The van der Waals surface area contributed by atoms with Crippen molar-refractivity contribution in [1.82, 2.24) is 5.32 Å². The maximum absolute atomic E-state index is 12.1. The summed E-state index contributed by atoms with van der Waals surface area (Å²) in [5, 5.41) is 3.03. The van der Waals surface area contributed by atoms with Gasteiger partial charge < -0.3 is 15.8 Å². The second kappa shape index (κ2) is 6.86. The lowest BCUT2D eigenvalue weighted by Gasteiger charge is -2.41. The first kappa shape index (κ1) is 15.0. The lowest BCUT2D eigenvalue weighted by molar-refractivity contribution is 0.0180. The smallest absolute Gasteiger partial charge is 0.251 e. The molecule has 1 amide bonds. The number of rotatable bonds is 7. The quantitative estimate of drug-likeness (QED) is 0.797. The third-order valence-electron chi connectivity index (χ3n) is 4.14. The Hall–Kier alpha value is -1.39. The van der Waals surface area contributed by atoms with E-state index in [0.717, 1.165) is 25.9 Å². The topological polar surface area (TPSA) is 64.3 Å². The predicted molar refractivity (Wildman–Crippen MR) is 79.7 cm³/mol. The number of hydrogen-bond acceptors (Lipinski definition) is 3. The van der Waals surface area contributed by atoms with Crippen molar-refractivity contribution in [3.8, 4) is 0 Å². The number of hydrogen-bond donors (Lipinski definition) is 2. The molecule has 4 nitrogen and oxygen atoms in total. The summed E-state index contributed by atoms with van der Waals surface area (Å²) in [5.74, 6) is -0.00771. The van der Waals surface area contributed by atoms with Crippen molar-refractivity contribution >= 4 is 5.91 Å². The van der Waals surface area contributed by atoms with Crippen LogP contribution in [-0.2, 0) is 11.2 Å². The van der Waals surface area contributed by atoms with E-state index in [9.17, 15) is 4.79 Å². The van der Waals surface area contributed by atoms with Crippen LogP contribution >= 0.6 is 0 Å². The summed E-state index contributed by atoms with van der Waals surface area (Å²) in [5.41, 5.74) is 7.54. The van der Waals surface area contributed by atoms with Crippen molar-refractivity contribution in [3.63, 3.8) is 0 Å². The van der Waals surface area contributed by atoms with Gasteiger partial charge in [-0.05, 0) is 43.5 Å². The molecule has 110 valence electrons. The van der Waals surface area contributed by atoms with Gasteiger partial charge in [0.05, 0.1) is 6.61 Å². The minimum atomic E-state index is -0.00771. The Morgan fingerprint density at radius 2 is 2.05 bits per heavy atom. The Labute approximate surface area is 120 Å². The summed E-state index contributed by atoms with van der Waals surface area (Å²) in [6, 6.07) is 7.67. The van der Waals surface area contributed by atoms with Crippen molar-refractivity contribution in [2.75, 3.05) is 26.8 Å². The summed E-state index contributed by atoms with van der Waals surface area (Å²) < 4.78 is 5.27. The fourth-order valence-electron chi connectivity index (χ4n) is 2.71. The fraction of sp³-hybridized carbons (Fsp3) is 0.562. The Morgan fingerprint density at radius 1 is 1.35 bits per heavy atom. The first-order valence-electron chi connectivity index (χ1n) is 7.25. The third kappa shape index (κ3) is 3.58. The number of nitrogens with two attached hydrogens (primary N) is 1. The second-order valence-corrected chi connectivity index (χ2v) is 5.70. The summed E-state index contributed by atoms with van der Waals surface area (Å²) >= 11 is 0. The van der Waals surface area contributed by atoms with Gasteiger partial charge in [0.15, 0.2) is 0 Å². The molecule has 2 rings (SSSR count). The van der Waals surface area contributed by atoms with Crippen LogP contribution in [0.25, 0.3) is 0 Å². The van der Waals surface area contributed by atoms with Crippen LogP contribution in [0.15, 0.2) is 24.3 Å². The average molecular weight is 276 g/mol. The zero-order valence-corrected chi connectivity index (χ0v) is 12.2. The Bertz CT molecular complexity index is 438. The number of amides is 1. The SMILES string of the molecule is COCC1(CNC(=O)c2ccc(CCN)cc2)CCC1. The normalized spacial score (nSPS) is 16.5. The Kier molecular flexibility index (Phi) is 5.15. The molecule has 0 radical (unpaired) electrons. The average Bonchev–Trinajstić information content (AvgIpc) is 2.42. The molecule has 0 heterocycles. The maximum Gasteiger partial charge on any atom is 0.251 e.